The van der Waals surface area contributed by atoms with E-state index in [-0.39, 0.29) is 18.7 Å². The molecule has 0 aliphatic rings. The van der Waals surface area contributed by atoms with Crippen molar-refractivity contribution in [1.82, 2.24) is 15.6 Å². The Kier molecular flexibility index (Phi) is 5.01. The van der Waals surface area contributed by atoms with Crippen molar-refractivity contribution in [3.8, 4) is 0 Å². The SMILES string of the molecule is C[C@@H](CO)NC(=O)NCc1ccc(Cl)cn1. The summed E-state index contributed by atoms with van der Waals surface area (Å²) in [6, 6.07) is 2.84. The zero-order chi connectivity index (χ0) is 12.0. The number of nitrogens with one attached hydrogen (secondary N) is 2. The van der Waals surface area contributed by atoms with Crippen LogP contribution in [0.5, 0.6) is 0 Å². The van der Waals surface area contributed by atoms with Gasteiger partial charge in [0.15, 0.2) is 0 Å². The third-order valence-corrected chi connectivity index (χ3v) is 2.09. The average Bonchev–Trinajstić information content (AvgIpc) is 2.28. The Bertz CT molecular complexity index is 342. The van der Waals surface area contributed by atoms with Crippen molar-refractivity contribution in [1.29, 1.82) is 0 Å². The van der Waals surface area contributed by atoms with Gasteiger partial charge < -0.3 is 15.7 Å². The third kappa shape index (κ3) is 4.46. The van der Waals surface area contributed by atoms with Crippen LogP contribution in [-0.4, -0.2) is 28.8 Å². The minimum Gasteiger partial charge on any atom is -0.394 e. The lowest BCUT2D eigenvalue weighted by molar-refractivity contribution is 0.220. The second kappa shape index (κ2) is 6.30. The van der Waals surface area contributed by atoms with Crippen LogP contribution in [0.25, 0.3) is 0 Å². The summed E-state index contributed by atoms with van der Waals surface area (Å²) in [5.74, 6) is 0. The van der Waals surface area contributed by atoms with Gasteiger partial charge in [-0.2, -0.15) is 0 Å². The molecule has 1 atom stereocenters. The largest absolute Gasteiger partial charge is 0.394 e. The maximum atomic E-state index is 11.3. The van der Waals surface area contributed by atoms with Gasteiger partial charge in [0.05, 0.1) is 29.9 Å². The maximum absolute atomic E-state index is 11.3. The van der Waals surface area contributed by atoms with Crippen LogP contribution in [-0.2, 0) is 6.54 Å². The number of aliphatic hydroxyl groups excluding tert-OH is 1. The fraction of sp³-hybridized carbons (Fsp3) is 0.400. The van der Waals surface area contributed by atoms with E-state index in [1.807, 2.05) is 0 Å². The molecule has 16 heavy (non-hydrogen) atoms. The van der Waals surface area contributed by atoms with Gasteiger partial charge in [-0.25, -0.2) is 4.79 Å². The standard InChI is InChI=1S/C10H14ClN3O2/c1-7(6-15)14-10(16)13-5-9-3-2-8(11)4-12-9/h2-4,7,15H,5-6H2,1H3,(H2,13,14,16)/t7-/m0/s1. The quantitative estimate of drug-likeness (QED) is 0.736. The van der Waals surface area contributed by atoms with Crippen molar-refractivity contribution in [3.63, 3.8) is 0 Å². The number of carbonyl (C=O) groups excluding carboxylic acids is 1. The van der Waals surface area contributed by atoms with Crippen LogP contribution in [0.4, 0.5) is 4.79 Å². The zero-order valence-corrected chi connectivity index (χ0v) is 9.66. The summed E-state index contributed by atoms with van der Waals surface area (Å²) in [5.41, 5.74) is 0.719. The molecule has 1 heterocycles. The predicted octanol–water partition coefficient (Wildman–Crippen LogP) is 0.915. The minimum atomic E-state index is -0.335. The number of rotatable bonds is 4. The fourth-order valence-electron chi connectivity index (χ4n) is 1.00. The van der Waals surface area contributed by atoms with Crippen molar-refractivity contribution in [2.45, 2.75) is 19.5 Å². The molecule has 0 bridgehead atoms. The monoisotopic (exact) mass is 243 g/mol. The fourth-order valence-corrected chi connectivity index (χ4v) is 1.11. The highest BCUT2D eigenvalue weighted by Gasteiger charge is 2.05. The molecule has 5 nitrogen and oxygen atoms in total. The molecule has 0 aliphatic heterocycles. The van der Waals surface area contributed by atoms with Gasteiger partial charge in [-0.1, -0.05) is 11.6 Å². The number of amides is 2. The molecule has 0 aliphatic carbocycles. The first-order valence-corrected chi connectivity index (χ1v) is 5.25. The molecule has 6 heteroatoms. The Hall–Kier alpha value is -1.33. The summed E-state index contributed by atoms with van der Waals surface area (Å²) in [7, 11) is 0. The molecule has 0 aromatic carbocycles. The number of halogens is 1. The van der Waals surface area contributed by atoms with E-state index in [0.717, 1.165) is 5.69 Å². The Labute approximate surface area is 98.8 Å². The molecule has 3 N–H and O–H groups in total. The van der Waals surface area contributed by atoms with Gasteiger partial charge in [0.2, 0.25) is 0 Å². The summed E-state index contributed by atoms with van der Waals surface area (Å²) in [6.45, 7) is 1.94. The Morgan fingerprint density at radius 3 is 2.94 bits per heavy atom. The van der Waals surface area contributed by atoms with Gasteiger partial charge in [0.25, 0.3) is 0 Å². The lowest BCUT2D eigenvalue weighted by atomic mass is 10.3. The molecule has 1 aromatic rings. The van der Waals surface area contributed by atoms with Gasteiger partial charge >= 0.3 is 6.03 Å². The normalized spacial score (nSPS) is 11.9. The first kappa shape index (κ1) is 12.7. The Balaban J connectivity index is 2.34. The lowest BCUT2D eigenvalue weighted by Crippen LogP contribution is -2.42. The lowest BCUT2D eigenvalue weighted by Gasteiger charge is -2.11. The van der Waals surface area contributed by atoms with Crippen molar-refractivity contribution >= 4 is 17.6 Å². The summed E-state index contributed by atoms with van der Waals surface area (Å²) in [5, 5.41) is 14.5. The van der Waals surface area contributed by atoms with Crippen LogP contribution in [0.3, 0.4) is 0 Å². The number of aromatic nitrogens is 1. The second-order valence-corrected chi connectivity index (χ2v) is 3.81. The highest BCUT2D eigenvalue weighted by molar-refractivity contribution is 6.30. The number of urea groups is 1. The molecule has 88 valence electrons. The van der Waals surface area contributed by atoms with E-state index in [9.17, 15) is 4.79 Å². The minimum absolute atomic E-state index is 0.0907. The van der Waals surface area contributed by atoms with E-state index in [4.69, 9.17) is 16.7 Å². The number of aliphatic hydroxyl groups is 1. The van der Waals surface area contributed by atoms with Crippen molar-refractivity contribution in [2.75, 3.05) is 6.61 Å². The molecular weight excluding hydrogens is 230 g/mol. The van der Waals surface area contributed by atoms with E-state index in [1.54, 1.807) is 19.1 Å². The number of nitrogens with zero attached hydrogens (tertiary/aromatic N) is 1. The van der Waals surface area contributed by atoms with Crippen LogP contribution in [0.15, 0.2) is 18.3 Å². The molecule has 0 saturated carbocycles. The first-order chi connectivity index (χ1) is 7.61. The van der Waals surface area contributed by atoms with Gasteiger partial charge in [-0.3, -0.25) is 4.98 Å². The molecule has 0 unspecified atom stereocenters. The average molecular weight is 244 g/mol. The maximum Gasteiger partial charge on any atom is 0.315 e. The number of carbonyl (C=O) groups is 1. The van der Waals surface area contributed by atoms with E-state index < -0.39 is 0 Å². The highest BCUT2D eigenvalue weighted by atomic mass is 35.5. The van der Waals surface area contributed by atoms with Crippen LogP contribution in [0.2, 0.25) is 5.02 Å². The Morgan fingerprint density at radius 2 is 2.38 bits per heavy atom. The molecule has 2 amide bonds. The van der Waals surface area contributed by atoms with Gasteiger partial charge in [-0.15, -0.1) is 0 Å². The highest BCUT2D eigenvalue weighted by Crippen LogP contribution is 2.05. The number of pyridine rings is 1. The second-order valence-electron chi connectivity index (χ2n) is 3.38. The van der Waals surface area contributed by atoms with Crippen molar-refractivity contribution in [3.05, 3.63) is 29.0 Å². The molecular formula is C10H14ClN3O2. The van der Waals surface area contributed by atoms with E-state index in [2.05, 4.69) is 15.6 Å². The Morgan fingerprint density at radius 1 is 1.62 bits per heavy atom. The predicted molar refractivity (Wildman–Crippen MR) is 61.2 cm³/mol. The number of hydrogen-bond acceptors (Lipinski definition) is 3. The molecule has 1 rings (SSSR count). The molecule has 0 spiro atoms. The van der Waals surface area contributed by atoms with Crippen LogP contribution >= 0.6 is 11.6 Å². The van der Waals surface area contributed by atoms with Crippen molar-refractivity contribution in [2.24, 2.45) is 0 Å². The van der Waals surface area contributed by atoms with Gasteiger partial charge in [0.1, 0.15) is 0 Å². The molecule has 0 fully saturated rings. The topological polar surface area (TPSA) is 74.2 Å². The van der Waals surface area contributed by atoms with Crippen LogP contribution in [0, 0.1) is 0 Å². The molecule has 0 saturated heterocycles. The van der Waals surface area contributed by atoms with Crippen LogP contribution < -0.4 is 10.6 Å². The smallest absolute Gasteiger partial charge is 0.315 e. The number of hydrogen-bond donors (Lipinski definition) is 3. The first-order valence-electron chi connectivity index (χ1n) is 4.87. The summed E-state index contributed by atoms with van der Waals surface area (Å²) in [4.78, 5) is 15.3. The molecule has 1 aromatic heterocycles. The molecule has 0 radical (unpaired) electrons. The summed E-state index contributed by atoms with van der Waals surface area (Å²) in [6.07, 6.45) is 1.52. The van der Waals surface area contributed by atoms with E-state index in [0.29, 0.717) is 11.6 Å². The summed E-state index contributed by atoms with van der Waals surface area (Å²) >= 11 is 5.67. The van der Waals surface area contributed by atoms with Gasteiger partial charge in [-0.05, 0) is 19.1 Å². The van der Waals surface area contributed by atoms with E-state index in [1.165, 1.54) is 6.20 Å². The van der Waals surface area contributed by atoms with Gasteiger partial charge in [0, 0.05) is 6.20 Å². The van der Waals surface area contributed by atoms with Crippen molar-refractivity contribution < 1.29 is 9.90 Å². The van der Waals surface area contributed by atoms with Crippen LogP contribution in [0.1, 0.15) is 12.6 Å². The zero-order valence-electron chi connectivity index (χ0n) is 8.90. The van der Waals surface area contributed by atoms with E-state index >= 15 is 0 Å². The third-order valence-electron chi connectivity index (χ3n) is 1.87. The summed E-state index contributed by atoms with van der Waals surface area (Å²) < 4.78 is 0.